The molecule has 3 heterocycles. The van der Waals surface area contributed by atoms with Crippen molar-refractivity contribution in [2.24, 2.45) is 0 Å². The van der Waals surface area contributed by atoms with E-state index < -0.39 is 0 Å². The Morgan fingerprint density at radius 1 is 1.48 bits per heavy atom. The monoisotopic (exact) mass is 338 g/mol. The number of aromatic amines is 1. The second-order valence-electron chi connectivity index (χ2n) is 6.83. The third kappa shape index (κ3) is 3.03. The molecule has 1 N–H and O–H groups in total. The molecule has 0 radical (unpaired) electrons. The average molecular weight is 338 g/mol. The molecule has 2 aromatic rings. The third-order valence-corrected chi connectivity index (χ3v) is 5.05. The van der Waals surface area contributed by atoms with E-state index in [1.165, 1.54) is 0 Å². The predicted molar refractivity (Wildman–Crippen MR) is 98.6 cm³/mol. The van der Waals surface area contributed by atoms with Crippen LogP contribution in [0.2, 0.25) is 0 Å². The largest absolute Gasteiger partial charge is 0.378 e. The van der Waals surface area contributed by atoms with Gasteiger partial charge in [0.15, 0.2) is 0 Å². The van der Waals surface area contributed by atoms with Crippen LogP contribution in [0, 0.1) is 11.3 Å². The van der Waals surface area contributed by atoms with Gasteiger partial charge in [0.25, 0.3) is 5.56 Å². The first-order valence-electron chi connectivity index (χ1n) is 8.30. The lowest BCUT2D eigenvalue weighted by Crippen LogP contribution is -2.44. The second-order valence-corrected chi connectivity index (χ2v) is 6.83. The maximum atomic E-state index is 12.4. The Labute approximate surface area is 146 Å². The van der Waals surface area contributed by atoms with Gasteiger partial charge < -0.3 is 14.6 Å². The Balaban J connectivity index is 2.18. The van der Waals surface area contributed by atoms with E-state index in [0.29, 0.717) is 11.2 Å². The van der Waals surface area contributed by atoms with Crippen molar-refractivity contribution < 1.29 is 4.74 Å². The van der Waals surface area contributed by atoms with Crippen LogP contribution in [-0.2, 0) is 4.74 Å². The molecule has 0 spiro atoms. The molecule has 3 rings (SSSR count). The molecule has 6 heteroatoms. The van der Waals surface area contributed by atoms with Gasteiger partial charge in [0.1, 0.15) is 11.6 Å². The lowest BCUT2D eigenvalue weighted by molar-refractivity contribution is -0.0132. The third-order valence-electron chi connectivity index (χ3n) is 5.05. The highest BCUT2D eigenvalue weighted by Gasteiger charge is 2.31. The number of H-pyrrole nitrogens is 1. The number of fused-ring (bicyclic) bond motifs is 1. The van der Waals surface area contributed by atoms with Gasteiger partial charge in [-0.1, -0.05) is 6.58 Å². The first kappa shape index (κ1) is 17.2. The number of anilines is 1. The fourth-order valence-electron chi connectivity index (χ4n) is 3.25. The van der Waals surface area contributed by atoms with Crippen LogP contribution >= 0.6 is 0 Å². The van der Waals surface area contributed by atoms with E-state index in [2.05, 4.69) is 34.4 Å². The van der Waals surface area contributed by atoms with Gasteiger partial charge in [0.2, 0.25) is 0 Å². The first-order chi connectivity index (χ1) is 11.9. The summed E-state index contributed by atoms with van der Waals surface area (Å²) < 4.78 is 5.60. The lowest BCUT2D eigenvalue weighted by Gasteiger charge is -2.40. The molecule has 2 aromatic heterocycles. The van der Waals surface area contributed by atoms with Gasteiger partial charge in [-0.05, 0) is 38.3 Å². The number of hydrogen-bond acceptors (Lipinski definition) is 5. The number of pyridine rings is 2. The SMILES string of the molecule is C=C(C)c1cc2c(N3CCC(C)(OC)CC3)c(C#N)c(=O)[nH]c2cn1. The van der Waals surface area contributed by atoms with E-state index in [1.54, 1.807) is 13.3 Å². The van der Waals surface area contributed by atoms with Crippen LogP contribution in [0.25, 0.3) is 16.5 Å². The van der Waals surface area contributed by atoms with Crippen molar-refractivity contribution in [2.75, 3.05) is 25.1 Å². The molecule has 1 saturated heterocycles. The molecule has 0 aromatic carbocycles. The quantitative estimate of drug-likeness (QED) is 0.930. The zero-order valence-electron chi connectivity index (χ0n) is 14.8. The van der Waals surface area contributed by atoms with Crippen molar-refractivity contribution in [3.05, 3.63) is 40.5 Å². The van der Waals surface area contributed by atoms with Gasteiger partial charge in [0, 0.05) is 25.6 Å². The van der Waals surface area contributed by atoms with Crippen LogP contribution in [0.4, 0.5) is 5.69 Å². The fourth-order valence-corrected chi connectivity index (χ4v) is 3.25. The number of aromatic nitrogens is 2. The lowest BCUT2D eigenvalue weighted by atomic mass is 9.92. The highest BCUT2D eigenvalue weighted by atomic mass is 16.5. The van der Waals surface area contributed by atoms with E-state index in [1.807, 2.05) is 13.0 Å². The van der Waals surface area contributed by atoms with E-state index in [4.69, 9.17) is 4.74 Å². The number of nitriles is 1. The van der Waals surface area contributed by atoms with Crippen LogP contribution in [0.5, 0.6) is 0 Å². The molecule has 0 atom stereocenters. The summed E-state index contributed by atoms with van der Waals surface area (Å²) in [5, 5.41) is 10.4. The topological polar surface area (TPSA) is 82.0 Å². The predicted octanol–water partition coefficient (Wildman–Crippen LogP) is 2.83. The summed E-state index contributed by atoms with van der Waals surface area (Å²) in [4.78, 5) is 21.6. The summed E-state index contributed by atoms with van der Waals surface area (Å²) in [5.74, 6) is 0. The molecule has 0 unspecified atom stereocenters. The summed E-state index contributed by atoms with van der Waals surface area (Å²) in [6.45, 7) is 9.36. The van der Waals surface area contributed by atoms with Crippen LogP contribution < -0.4 is 10.5 Å². The van der Waals surface area contributed by atoms with Gasteiger partial charge in [-0.2, -0.15) is 5.26 Å². The summed E-state index contributed by atoms with van der Waals surface area (Å²) in [6, 6.07) is 3.97. The summed E-state index contributed by atoms with van der Waals surface area (Å²) in [6.07, 6.45) is 3.30. The minimum atomic E-state index is -0.380. The zero-order chi connectivity index (χ0) is 18.2. The number of rotatable bonds is 3. The van der Waals surface area contributed by atoms with E-state index in [-0.39, 0.29) is 16.7 Å². The second kappa shape index (κ2) is 6.34. The van der Waals surface area contributed by atoms with Crippen molar-refractivity contribution in [1.82, 2.24) is 9.97 Å². The van der Waals surface area contributed by atoms with Crippen molar-refractivity contribution in [3.63, 3.8) is 0 Å². The molecule has 1 aliphatic rings. The number of methoxy groups -OCH3 is 1. The maximum Gasteiger partial charge on any atom is 0.268 e. The Bertz CT molecular complexity index is 931. The maximum absolute atomic E-state index is 12.4. The molecular formula is C19H22N4O2. The highest BCUT2D eigenvalue weighted by molar-refractivity contribution is 5.95. The average Bonchev–Trinajstić information content (AvgIpc) is 2.61. The number of ether oxygens (including phenoxy) is 1. The standard InChI is InChI=1S/C19H22N4O2/c1-12(2)15-9-13-16(11-21-15)22-18(24)14(10-20)17(13)23-7-5-19(3,25-4)6-8-23/h9,11H,1,5-8H2,2-4H3,(H,22,24). The fraction of sp³-hybridized carbons (Fsp3) is 0.421. The molecule has 0 aliphatic carbocycles. The van der Waals surface area contributed by atoms with Crippen LogP contribution in [0.3, 0.4) is 0 Å². The number of hydrogen-bond donors (Lipinski definition) is 1. The van der Waals surface area contributed by atoms with Crippen molar-refractivity contribution >= 4 is 22.2 Å². The van der Waals surface area contributed by atoms with Gasteiger partial charge in [-0.15, -0.1) is 0 Å². The highest BCUT2D eigenvalue weighted by Crippen LogP contribution is 2.33. The molecule has 1 fully saturated rings. The van der Waals surface area contributed by atoms with E-state index >= 15 is 0 Å². The van der Waals surface area contributed by atoms with Crippen molar-refractivity contribution in [2.45, 2.75) is 32.3 Å². The van der Waals surface area contributed by atoms with Gasteiger partial charge in [-0.25, -0.2) is 0 Å². The number of allylic oxidation sites excluding steroid dienone is 1. The molecule has 130 valence electrons. The van der Waals surface area contributed by atoms with Crippen molar-refractivity contribution in [1.29, 1.82) is 5.26 Å². The number of nitrogens with one attached hydrogen (secondary N) is 1. The zero-order valence-corrected chi connectivity index (χ0v) is 14.8. The number of piperidine rings is 1. The van der Waals surface area contributed by atoms with Crippen LogP contribution in [0.1, 0.15) is 37.9 Å². The van der Waals surface area contributed by atoms with Crippen LogP contribution in [0.15, 0.2) is 23.6 Å². The van der Waals surface area contributed by atoms with Gasteiger partial charge in [-0.3, -0.25) is 9.78 Å². The van der Waals surface area contributed by atoms with Crippen LogP contribution in [-0.4, -0.2) is 35.8 Å². The Morgan fingerprint density at radius 3 is 2.72 bits per heavy atom. The number of nitrogens with zero attached hydrogens (tertiary/aromatic N) is 3. The summed E-state index contributed by atoms with van der Waals surface area (Å²) in [7, 11) is 1.73. The minimum Gasteiger partial charge on any atom is -0.378 e. The normalized spacial score (nSPS) is 16.6. The van der Waals surface area contributed by atoms with E-state index in [9.17, 15) is 10.1 Å². The van der Waals surface area contributed by atoms with Gasteiger partial charge in [0.05, 0.1) is 28.7 Å². The Kier molecular flexibility index (Phi) is 4.36. The molecule has 0 bridgehead atoms. The first-order valence-corrected chi connectivity index (χ1v) is 8.30. The smallest absolute Gasteiger partial charge is 0.268 e. The molecule has 1 aliphatic heterocycles. The van der Waals surface area contributed by atoms with Crippen molar-refractivity contribution in [3.8, 4) is 6.07 Å². The molecule has 25 heavy (non-hydrogen) atoms. The summed E-state index contributed by atoms with van der Waals surface area (Å²) in [5.41, 5.74) is 2.51. The van der Waals surface area contributed by atoms with E-state index in [0.717, 1.165) is 42.6 Å². The minimum absolute atomic E-state index is 0.146. The molecule has 6 nitrogen and oxygen atoms in total. The summed E-state index contributed by atoms with van der Waals surface area (Å²) >= 11 is 0. The Morgan fingerprint density at radius 2 is 2.16 bits per heavy atom. The van der Waals surface area contributed by atoms with Gasteiger partial charge >= 0.3 is 0 Å². The Hall–Kier alpha value is -2.65. The molecule has 0 amide bonds. The molecular weight excluding hydrogens is 316 g/mol. The molecule has 0 saturated carbocycles.